The van der Waals surface area contributed by atoms with Crippen LogP contribution in [0.15, 0.2) is 154 Å². The SMILES string of the molecule is [2H]c1c([2H])c([2H])c2oc(-c3cc(-c4cccc(-c5ccc6c(c5)C(C)(C)c5cc7c(cc5-6)sc5ccccc57)c4)cc(-c4nc5c([2H])c([2H])c([2H])c([2H])c5o4)c3)nc2c1[2H]. The molecule has 11 rings (SSSR count). The van der Waals surface area contributed by atoms with Gasteiger partial charge in [0.25, 0.3) is 0 Å². The quantitative estimate of drug-likeness (QED) is 0.184. The maximum atomic E-state index is 8.46. The minimum atomic E-state index is -0.430. The van der Waals surface area contributed by atoms with Crippen LogP contribution in [0.5, 0.6) is 0 Å². The van der Waals surface area contributed by atoms with Crippen molar-refractivity contribution in [2.75, 3.05) is 0 Å². The summed E-state index contributed by atoms with van der Waals surface area (Å²) >= 11 is 1.82. The van der Waals surface area contributed by atoms with Crippen molar-refractivity contribution in [3.8, 4) is 56.3 Å². The molecule has 5 heteroatoms. The van der Waals surface area contributed by atoms with E-state index in [4.69, 9.17) is 19.8 Å². The predicted molar refractivity (Wildman–Crippen MR) is 214 cm³/mol. The lowest BCUT2D eigenvalue weighted by Crippen LogP contribution is -2.15. The predicted octanol–water partition coefficient (Wildman–Crippen LogP) is 13.3. The van der Waals surface area contributed by atoms with Crippen LogP contribution in [0.25, 0.3) is 98.7 Å². The summed E-state index contributed by atoms with van der Waals surface area (Å²) in [5.41, 5.74) is 9.04. The molecule has 0 bridgehead atoms. The molecule has 3 heterocycles. The Labute approximate surface area is 314 Å². The highest BCUT2D eigenvalue weighted by Gasteiger charge is 2.36. The molecule has 0 atom stereocenters. The molecule has 0 N–H and O–H groups in total. The van der Waals surface area contributed by atoms with Gasteiger partial charge in [0.2, 0.25) is 11.8 Å². The topological polar surface area (TPSA) is 52.1 Å². The van der Waals surface area contributed by atoms with Crippen LogP contribution in [0.2, 0.25) is 0 Å². The molecule has 0 saturated carbocycles. The average Bonchev–Trinajstić information content (AvgIpc) is 4.05. The third kappa shape index (κ3) is 4.46. The molecule has 0 saturated heterocycles. The molecular formula is C47H30N2O2S. The number of hydrogen-bond acceptors (Lipinski definition) is 5. The molecule has 0 radical (unpaired) electrons. The lowest BCUT2D eigenvalue weighted by Gasteiger charge is -2.22. The highest BCUT2D eigenvalue weighted by molar-refractivity contribution is 7.25. The van der Waals surface area contributed by atoms with Crippen LogP contribution >= 0.6 is 11.3 Å². The Morgan fingerprint density at radius 3 is 1.85 bits per heavy atom. The number of aromatic nitrogens is 2. The first kappa shape index (κ1) is 22.5. The first-order valence-electron chi connectivity index (χ1n) is 20.9. The van der Waals surface area contributed by atoms with E-state index in [1.54, 1.807) is 6.07 Å². The lowest BCUT2D eigenvalue weighted by molar-refractivity contribution is 0.617. The molecule has 1 aliphatic rings. The molecule has 0 fully saturated rings. The Hall–Kier alpha value is -6.30. The van der Waals surface area contributed by atoms with Crippen LogP contribution in [0.4, 0.5) is 0 Å². The summed E-state index contributed by atoms with van der Waals surface area (Å²) < 4.78 is 81.2. The molecule has 1 aliphatic carbocycles. The number of para-hydroxylation sites is 4. The van der Waals surface area contributed by atoms with Gasteiger partial charge in [-0.05, 0) is 117 Å². The molecular weight excluding hydrogens is 657 g/mol. The zero-order chi connectivity index (χ0) is 41.5. The van der Waals surface area contributed by atoms with E-state index >= 15 is 0 Å². The molecule has 4 nitrogen and oxygen atoms in total. The lowest BCUT2D eigenvalue weighted by atomic mass is 9.81. The van der Waals surface area contributed by atoms with Gasteiger partial charge in [-0.15, -0.1) is 11.3 Å². The summed E-state index contributed by atoms with van der Waals surface area (Å²) in [5.74, 6) is 0.0924. The van der Waals surface area contributed by atoms with E-state index in [-0.39, 0.29) is 63.6 Å². The zero-order valence-electron chi connectivity index (χ0n) is 35.9. The summed E-state index contributed by atoms with van der Waals surface area (Å²) in [6.07, 6.45) is 0. The van der Waals surface area contributed by atoms with Crippen molar-refractivity contribution >= 4 is 53.7 Å². The zero-order valence-corrected chi connectivity index (χ0v) is 28.7. The first-order chi connectivity index (χ1) is 28.8. The van der Waals surface area contributed by atoms with Crippen LogP contribution in [-0.2, 0) is 5.41 Å². The molecule has 0 amide bonds. The van der Waals surface area contributed by atoms with E-state index < -0.39 is 24.2 Å². The van der Waals surface area contributed by atoms with Crippen molar-refractivity contribution in [1.29, 1.82) is 0 Å². The standard InChI is InChI=1S/C47H30N2O2S/c1-47(2)37-24-29(18-19-33(37)35-26-44-36(25-38(35)47)34-12-3-8-17-43(34)52-44)27-10-9-11-28(20-27)30-21-31(45-48-39-13-4-6-15-41(39)50-45)23-32(22-30)46-49-40-14-5-7-16-42(40)51-46/h3-26H,1-2H3/i4D,5D,6D,7D,13D,14D,15D,16D. The van der Waals surface area contributed by atoms with Crippen molar-refractivity contribution in [3.63, 3.8) is 0 Å². The molecule has 7 aromatic carbocycles. The summed E-state index contributed by atoms with van der Waals surface area (Å²) in [7, 11) is 0. The van der Waals surface area contributed by atoms with E-state index in [9.17, 15) is 0 Å². The van der Waals surface area contributed by atoms with Gasteiger partial charge in [-0.25, -0.2) is 9.97 Å². The Kier molecular flexibility index (Phi) is 4.70. The van der Waals surface area contributed by atoms with Gasteiger partial charge in [0, 0.05) is 36.7 Å². The number of thiophene rings is 1. The number of nitrogens with zero attached hydrogens (tertiary/aromatic N) is 2. The molecule has 0 aliphatic heterocycles. The summed E-state index contributed by atoms with van der Waals surface area (Å²) in [6, 6.07) is 30.4. The number of oxazole rings is 2. The van der Waals surface area contributed by atoms with E-state index in [0.29, 0.717) is 16.7 Å². The summed E-state index contributed by atoms with van der Waals surface area (Å²) in [5, 5.41) is 2.56. The van der Waals surface area contributed by atoms with Gasteiger partial charge in [-0.3, -0.25) is 0 Å². The number of hydrogen-bond donors (Lipinski definition) is 0. The van der Waals surface area contributed by atoms with E-state index in [1.807, 2.05) is 35.6 Å². The van der Waals surface area contributed by atoms with E-state index in [1.165, 1.54) is 42.4 Å². The Bertz CT molecular complexity index is 3330. The van der Waals surface area contributed by atoms with Crippen LogP contribution in [0, 0.1) is 0 Å². The third-order valence-corrected chi connectivity index (χ3v) is 11.4. The fourth-order valence-corrected chi connectivity index (χ4v) is 8.76. The number of rotatable bonds is 4. The van der Waals surface area contributed by atoms with E-state index in [2.05, 4.69) is 90.5 Å². The van der Waals surface area contributed by atoms with Gasteiger partial charge in [-0.1, -0.05) is 86.5 Å². The monoisotopic (exact) mass is 694 g/mol. The molecule has 52 heavy (non-hydrogen) atoms. The largest absolute Gasteiger partial charge is 0.436 e. The Morgan fingerprint density at radius 2 is 1.12 bits per heavy atom. The van der Waals surface area contributed by atoms with Gasteiger partial charge in [0.15, 0.2) is 11.2 Å². The Balaban J connectivity index is 1.05. The van der Waals surface area contributed by atoms with Crippen molar-refractivity contribution in [1.82, 2.24) is 9.97 Å². The fourth-order valence-electron chi connectivity index (χ4n) is 7.63. The van der Waals surface area contributed by atoms with Gasteiger partial charge in [-0.2, -0.15) is 0 Å². The van der Waals surface area contributed by atoms with Gasteiger partial charge in [0.1, 0.15) is 11.0 Å². The second-order valence-electron chi connectivity index (χ2n) is 13.7. The van der Waals surface area contributed by atoms with Crippen molar-refractivity contribution in [2.24, 2.45) is 0 Å². The first-order valence-corrected chi connectivity index (χ1v) is 17.7. The van der Waals surface area contributed by atoms with Crippen LogP contribution < -0.4 is 0 Å². The molecule has 10 aromatic rings. The van der Waals surface area contributed by atoms with Crippen LogP contribution in [-0.4, -0.2) is 9.97 Å². The molecule has 0 spiro atoms. The average molecular weight is 695 g/mol. The number of fused-ring (bicyclic) bond motifs is 8. The fraction of sp³-hybridized carbons (Fsp3) is 0.0638. The normalized spacial score (nSPS) is 15.5. The maximum absolute atomic E-state index is 8.46. The van der Waals surface area contributed by atoms with E-state index in [0.717, 1.165) is 16.7 Å². The van der Waals surface area contributed by atoms with Gasteiger partial charge >= 0.3 is 0 Å². The highest BCUT2D eigenvalue weighted by atomic mass is 32.1. The summed E-state index contributed by atoms with van der Waals surface area (Å²) in [6.45, 7) is 4.57. The van der Waals surface area contributed by atoms with Gasteiger partial charge < -0.3 is 8.83 Å². The summed E-state index contributed by atoms with van der Waals surface area (Å²) in [4.78, 5) is 9.06. The molecule has 246 valence electrons. The van der Waals surface area contributed by atoms with Crippen LogP contribution in [0.3, 0.4) is 0 Å². The third-order valence-electron chi connectivity index (χ3n) is 10.2. The molecule has 0 unspecified atom stereocenters. The highest BCUT2D eigenvalue weighted by Crippen LogP contribution is 2.52. The second-order valence-corrected chi connectivity index (χ2v) is 14.7. The van der Waals surface area contributed by atoms with Crippen molar-refractivity contribution < 1.29 is 19.8 Å². The molecule has 3 aromatic heterocycles. The smallest absolute Gasteiger partial charge is 0.227 e. The maximum Gasteiger partial charge on any atom is 0.227 e. The second kappa shape index (κ2) is 10.8. The Morgan fingerprint density at radius 1 is 0.519 bits per heavy atom. The number of benzene rings is 7. The minimum Gasteiger partial charge on any atom is -0.436 e. The van der Waals surface area contributed by atoms with Crippen molar-refractivity contribution in [2.45, 2.75) is 19.3 Å². The van der Waals surface area contributed by atoms with Crippen molar-refractivity contribution in [3.05, 3.63) is 157 Å². The minimum absolute atomic E-state index is 0.00896. The van der Waals surface area contributed by atoms with Crippen LogP contribution in [0.1, 0.15) is 35.9 Å². The van der Waals surface area contributed by atoms with Gasteiger partial charge in [0.05, 0.1) is 11.0 Å².